The van der Waals surface area contributed by atoms with Crippen LogP contribution in [0, 0.1) is 5.92 Å². The second-order valence-electron chi connectivity index (χ2n) is 5.42. The third-order valence-electron chi connectivity index (χ3n) is 4.17. The quantitative estimate of drug-likeness (QED) is 0.748. The number of nitrogens with zero attached hydrogens (tertiary/aromatic N) is 1. The molecule has 1 aromatic carbocycles. The summed E-state index contributed by atoms with van der Waals surface area (Å²) < 4.78 is 5.87. The molecule has 4 heteroatoms. The third kappa shape index (κ3) is 2.55. The van der Waals surface area contributed by atoms with Crippen LogP contribution < -0.4 is 4.84 Å². The Balaban J connectivity index is 1.62. The van der Waals surface area contributed by atoms with Crippen molar-refractivity contribution in [3.8, 4) is 5.75 Å². The summed E-state index contributed by atoms with van der Waals surface area (Å²) in [5, 5.41) is 2.10. The molecule has 0 N–H and O–H groups in total. The molecule has 1 aromatic rings. The SMILES string of the molecule is CC1CCOB2CCN(Oc3ccccc3)C[C@H]21. The van der Waals surface area contributed by atoms with Crippen LogP contribution in [0.5, 0.6) is 5.75 Å². The van der Waals surface area contributed by atoms with Crippen molar-refractivity contribution in [2.75, 3.05) is 19.7 Å². The summed E-state index contributed by atoms with van der Waals surface area (Å²) in [5.74, 6) is 2.29. The maximum Gasteiger partial charge on any atom is 0.299 e. The van der Waals surface area contributed by atoms with Crippen LogP contribution in [-0.4, -0.2) is 31.7 Å². The highest BCUT2D eigenvalue weighted by Gasteiger charge is 2.40. The predicted octanol–water partition coefficient (Wildman–Crippen LogP) is 2.71. The first kappa shape index (κ1) is 12.1. The molecule has 2 heterocycles. The summed E-state index contributed by atoms with van der Waals surface area (Å²) in [4.78, 5) is 5.93. The van der Waals surface area contributed by atoms with Crippen molar-refractivity contribution in [1.29, 1.82) is 0 Å². The molecule has 18 heavy (non-hydrogen) atoms. The first-order valence-corrected chi connectivity index (χ1v) is 6.92. The largest absolute Gasteiger partial charge is 0.435 e. The van der Waals surface area contributed by atoms with E-state index in [1.54, 1.807) is 0 Å². The third-order valence-corrected chi connectivity index (χ3v) is 4.17. The number of para-hydroxylation sites is 1. The van der Waals surface area contributed by atoms with E-state index in [2.05, 4.69) is 12.0 Å². The van der Waals surface area contributed by atoms with E-state index in [1.807, 2.05) is 30.3 Å². The van der Waals surface area contributed by atoms with Crippen LogP contribution in [0.3, 0.4) is 0 Å². The molecule has 2 atom stereocenters. The van der Waals surface area contributed by atoms with Gasteiger partial charge in [0.05, 0.1) is 0 Å². The van der Waals surface area contributed by atoms with Gasteiger partial charge in [-0.1, -0.05) is 25.1 Å². The topological polar surface area (TPSA) is 21.7 Å². The van der Waals surface area contributed by atoms with E-state index in [-0.39, 0.29) is 0 Å². The molecular weight excluding hydrogens is 225 g/mol. The minimum Gasteiger partial charge on any atom is -0.435 e. The van der Waals surface area contributed by atoms with Crippen LogP contribution in [0.25, 0.3) is 0 Å². The standard InChI is InChI=1S/C14H20BNO2/c1-12-7-10-17-15-8-9-16(11-14(12)15)18-13-5-3-2-4-6-13/h2-6,12,14H,7-11H2,1H3/t12?,14-/m0/s1. The predicted molar refractivity (Wildman–Crippen MR) is 72.7 cm³/mol. The Labute approximate surface area is 109 Å². The number of rotatable bonds is 2. The zero-order valence-corrected chi connectivity index (χ0v) is 10.9. The number of hydrogen-bond acceptors (Lipinski definition) is 3. The summed E-state index contributed by atoms with van der Waals surface area (Å²) in [7, 11) is 0. The molecule has 0 aromatic heterocycles. The van der Waals surface area contributed by atoms with E-state index < -0.39 is 0 Å². The van der Waals surface area contributed by atoms with Gasteiger partial charge in [-0.05, 0) is 36.6 Å². The lowest BCUT2D eigenvalue weighted by molar-refractivity contribution is -0.0680. The highest BCUT2D eigenvalue weighted by molar-refractivity contribution is 6.54. The molecule has 1 unspecified atom stereocenters. The monoisotopic (exact) mass is 245 g/mol. The Kier molecular flexibility index (Phi) is 3.57. The second kappa shape index (κ2) is 5.33. The summed E-state index contributed by atoms with van der Waals surface area (Å²) in [6.07, 6.45) is 2.27. The molecule has 0 amide bonds. The van der Waals surface area contributed by atoms with Crippen LogP contribution in [-0.2, 0) is 4.65 Å². The van der Waals surface area contributed by atoms with Crippen LogP contribution in [0.2, 0.25) is 12.1 Å². The molecule has 0 aliphatic carbocycles. The summed E-state index contributed by atoms with van der Waals surface area (Å²) in [6.45, 7) is 5.67. The maximum atomic E-state index is 5.93. The Hall–Kier alpha value is -0.995. The van der Waals surface area contributed by atoms with Gasteiger partial charge in [0.1, 0.15) is 5.75 Å². The Bertz CT molecular complexity index is 387. The zero-order chi connectivity index (χ0) is 12.4. The van der Waals surface area contributed by atoms with Gasteiger partial charge in [0.25, 0.3) is 6.92 Å². The molecule has 0 spiro atoms. The fraction of sp³-hybridized carbons (Fsp3) is 0.571. The molecule has 0 radical (unpaired) electrons. The van der Waals surface area contributed by atoms with Crippen molar-refractivity contribution in [2.24, 2.45) is 5.92 Å². The smallest absolute Gasteiger partial charge is 0.299 e. The lowest BCUT2D eigenvalue weighted by Gasteiger charge is -2.41. The van der Waals surface area contributed by atoms with Gasteiger partial charge in [-0.15, -0.1) is 5.06 Å². The van der Waals surface area contributed by atoms with E-state index in [1.165, 1.54) is 6.42 Å². The Morgan fingerprint density at radius 3 is 3.00 bits per heavy atom. The van der Waals surface area contributed by atoms with Gasteiger partial charge in [0, 0.05) is 19.7 Å². The van der Waals surface area contributed by atoms with Crippen molar-refractivity contribution in [1.82, 2.24) is 5.06 Å². The van der Waals surface area contributed by atoms with Crippen LogP contribution in [0.4, 0.5) is 0 Å². The van der Waals surface area contributed by atoms with E-state index in [4.69, 9.17) is 9.49 Å². The number of hydrogen-bond donors (Lipinski definition) is 0. The first-order chi connectivity index (χ1) is 8.83. The van der Waals surface area contributed by atoms with Crippen molar-refractivity contribution < 1.29 is 9.49 Å². The maximum absolute atomic E-state index is 5.93. The molecule has 0 bridgehead atoms. The van der Waals surface area contributed by atoms with Crippen LogP contribution >= 0.6 is 0 Å². The molecule has 2 fully saturated rings. The number of benzene rings is 1. The highest BCUT2D eigenvalue weighted by atomic mass is 16.7. The van der Waals surface area contributed by atoms with Crippen LogP contribution in [0.1, 0.15) is 13.3 Å². The van der Waals surface area contributed by atoms with Crippen LogP contribution in [0.15, 0.2) is 30.3 Å². The molecule has 0 saturated carbocycles. The average molecular weight is 245 g/mol. The van der Waals surface area contributed by atoms with E-state index in [0.717, 1.165) is 37.7 Å². The lowest BCUT2D eigenvalue weighted by atomic mass is 9.46. The fourth-order valence-electron chi connectivity index (χ4n) is 3.02. The van der Waals surface area contributed by atoms with E-state index >= 15 is 0 Å². The highest BCUT2D eigenvalue weighted by Crippen LogP contribution is 2.35. The lowest BCUT2D eigenvalue weighted by Crippen LogP contribution is -2.49. The molecule has 2 aliphatic rings. The minimum atomic E-state index is 0.448. The van der Waals surface area contributed by atoms with Gasteiger partial charge >= 0.3 is 0 Å². The van der Waals surface area contributed by atoms with Gasteiger partial charge < -0.3 is 9.49 Å². The average Bonchev–Trinajstić information content (AvgIpc) is 2.41. The minimum absolute atomic E-state index is 0.448. The fourth-order valence-corrected chi connectivity index (χ4v) is 3.02. The number of hydroxylamine groups is 2. The molecule has 2 saturated heterocycles. The Morgan fingerprint density at radius 2 is 2.17 bits per heavy atom. The first-order valence-electron chi connectivity index (χ1n) is 6.92. The van der Waals surface area contributed by atoms with Crippen molar-refractivity contribution in [2.45, 2.75) is 25.5 Å². The molecule has 3 nitrogen and oxygen atoms in total. The van der Waals surface area contributed by atoms with E-state index in [9.17, 15) is 0 Å². The van der Waals surface area contributed by atoms with Gasteiger partial charge in [-0.25, -0.2) is 0 Å². The second-order valence-corrected chi connectivity index (χ2v) is 5.42. The zero-order valence-electron chi connectivity index (χ0n) is 10.9. The molecular formula is C14H20BNO2. The number of fused-ring (bicyclic) bond motifs is 1. The Morgan fingerprint density at radius 1 is 1.33 bits per heavy atom. The van der Waals surface area contributed by atoms with Gasteiger partial charge in [0.2, 0.25) is 0 Å². The molecule has 2 aliphatic heterocycles. The summed E-state index contributed by atoms with van der Waals surface area (Å²) in [6, 6.07) is 10.0. The van der Waals surface area contributed by atoms with Gasteiger partial charge in [-0.3, -0.25) is 0 Å². The normalized spacial score (nSPS) is 28.8. The van der Waals surface area contributed by atoms with E-state index in [0.29, 0.717) is 12.7 Å². The molecule has 3 rings (SSSR count). The van der Waals surface area contributed by atoms with Gasteiger partial charge in [0.15, 0.2) is 0 Å². The van der Waals surface area contributed by atoms with Crippen molar-refractivity contribution >= 4 is 6.92 Å². The summed E-state index contributed by atoms with van der Waals surface area (Å²) in [5.41, 5.74) is 0. The summed E-state index contributed by atoms with van der Waals surface area (Å²) >= 11 is 0. The van der Waals surface area contributed by atoms with Crippen molar-refractivity contribution in [3.63, 3.8) is 0 Å². The van der Waals surface area contributed by atoms with Gasteiger partial charge in [-0.2, -0.15) is 0 Å². The van der Waals surface area contributed by atoms with Crippen molar-refractivity contribution in [3.05, 3.63) is 30.3 Å². The molecule has 96 valence electrons.